The Morgan fingerprint density at radius 3 is 2.65 bits per heavy atom. The van der Waals surface area contributed by atoms with E-state index in [2.05, 4.69) is 22.9 Å². The predicted molar refractivity (Wildman–Crippen MR) is 75.7 cm³/mol. The first-order chi connectivity index (χ1) is 7.95. The van der Waals surface area contributed by atoms with Gasteiger partial charge >= 0.3 is 0 Å². The van der Waals surface area contributed by atoms with Gasteiger partial charge in [0.05, 0.1) is 10.6 Å². The molecule has 5 heteroatoms. The van der Waals surface area contributed by atoms with E-state index in [4.69, 9.17) is 11.6 Å². The maximum absolute atomic E-state index is 12.0. The van der Waals surface area contributed by atoms with Gasteiger partial charge in [-0.3, -0.25) is 0 Å². The van der Waals surface area contributed by atoms with Crippen molar-refractivity contribution in [1.29, 1.82) is 0 Å². The van der Waals surface area contributed by atoms with Crippen LogP contribution in [0.3, 0.4) is 0 Å². The Morgan fingerprint density at radius 2 is 2.06 bits per heavy atom. The van der Waals surface area contributed by atoms with Gasteiger partial charge in [0, 0.05) is 10.4 Å². The standard InChI is InChI=1S/C12H16BrClO2S/c1-10(5-7-13)6-8-17(15,16)12-4-2-3-11(14)9-12/h2-4,9-10H,5-8H2,1H3. The normalized spacial score (nSPS) is 13.6. The van der Waals surface area contributed by atoms with E-state index in [1.165, 1.54) is 6.07 Å². The van der Waals surface area contributed by atoms with E-state index >= 15 is 0 Å². The van der Waals surface area contributed by atoms with Crippen LogP contribution in [0.15, 0.2) is 29.2 Å². The Kier molecular flexibility index (Phi) is 5.97. The second kappa shape index (κ2) is 6.76. The second-order valence-corrected chi connectivity index (χ2v) is 7.49. The lowest BCUT2D eigenvalue weighted by atomic mass is 10.1. The minimum atomic E-state index is -3.20. The summed E-state index contributed by atoms with van der Waals surface area (Å²) < 4.78 is 24.0. The number of benzene rings is 1. The van der Waals surface area contributed by atoms with E-state index in [9.17, 15) is 8.42 Å². The minimum absolute atomic E-state index is 0.182. The van der Waals surface area contributed by atoms with Crippen LogP contribution in [0.1, 0.15) is 19.8 Å². The zero-order valence-corrected chi connectivity index (χ0v) is 12.9. The number of hydrogen-bond donors (Lipinski definition) is 0. The molecule has 1 unspecified atom stereocenters. The van der Waals surface area contributed by atoms with Crippen LogP contribution < -0.4 is 0 Å². The Hall–Kier alpha value is -0.0600. The third-order valence-corrected chi connectivity index (χ3v) is 5.07. The molecule has 1 aromatic carbocycles. The van der Waals surface area contributed by atoms with Gasteiger partial charge in [-0.2, -0.15) is 0 Å². The Morgan fingerprint density at radius 1 is 1.35 bits per heavy atom. The molecule has 0 radical (unpaired) electrons. The maximum atomic E-state index is 12.0. The van der Waals surface area contributed by atoms with Gasteiger partial charge in [0.2, 0.25) is 0 Å². The topological polar surface area (TPSA) is 34.1 Å². The van der Waals surface area contributed by atoms with Gasteiger partial charge in [0.25, 0.3) is 0 Å². The fourth-order valence-electron chi connectivity index (χ4n) is 1.47. The van der Waals surface area contributed by atoms with Crippen LogP contribution in [0, 0.1) is 5.92 Å². The van der Waals surface area contributed by atoms with Crippen molar-refractivity contribution in [3.05, 3.63) is 29.3 Å². The average Bonchev–Trinajstić information content (AvgIpc) is 2.27. The first kappa shape index (κ1) is 15.0. The van der Waals surface area contributed by atoms with Crippen molar-refractivity contribution in [2.24, 2.45) is 5.92 Å². The molecule has 0 aliphatic heterocycles. The molecule has 0 saturated carbocycles. The lowest BCUT2D eigenvalue weighted by Gasteiger charge is -2.10. The molecule has 96 valence electrons. The molecule has 0 aliphatic carbocycles. The van der Waals surface area contributed by atoms with Crippen LogP contribution in [0.4, 0.5) is 0 Å². The largest absolute Gasteiger partial charge is 0.224 e. The van der Waals surface area contributed by atoms with Gasteiger partial charge in [-0.1, -0.05) is 40.5 Å². The third-order valence-electron chi connectivity index (χ3n) is 2.64. The van der Waals surface area contributed by atoms with Crippen LogP contribution >= 0.6 is 27.5 Å². The molecule has 0 heterocycles. The Balaban J connectivity index is 2.69. The van der Waals surface area contributed by atoms with Gasteiger partial charge in [-0.15, -0.1) is 0 Å². The molecular formula is C12H16BrClO2S. The summed E-state index contributed by atoms with van der Waals surface area (Å²) in [6.45, 7) is 2.06. The van der Waals surface area contributed by atoms with E-state index in [1.54, 1.807) is 18.2 Å². The molecule has 0 bridgehead atoms. The Bertz CT molecular complexity index is 459. The van der Waals surface area contributed by atoms with Crippen LogP contribution in [0.2, 0.25) is 5.02 Å². The van der Waals surface area contributed by atoms with Gasteiger partial charge in [0.15, 0.2) is 9.84 Å². The van der Waals surface area contributed by atoms with E-state index in [-0.39, 0.29) is 5.75 Å². The molecule has 1 aromatic rings. The van der Waals surface area contributed by atoms with Gasteiger partial charge in [-0.25, -0.2) is 8.42 Å². The summed E-state index contributed by atoms with van der Waals surface area (Å²) in [4.78, 5) is 0.316. The predicted octanol–water partition coefficient (Wildman–Crippen LogP) is 3.92. The maximum Gasteiger partial charge on any atom is 0.178 e. The highest BCUT2D eigenvalue weighted by atomic mass is 79.9. The number of sulfone groups is 1. The molecule has 1 rings (SSSR count). The fourth-order valence-corrected chi connectivity index (χ4v) is 4.04. The summed E-state index contributed by atoms with van der Waals surface area (Å²) in [6.07, 6.45) is 1.67. The van der Waals surface area contributed by atoms with Gasteiger partial charge < -0.3 is 0 Å². The summed E-state index contributed by atoms with van der Waals surface area (Å²) in [6, 6.07) is 6.44. The molecule has 2 nitrogen and oxygen atoms in total. The minimum Gasteiger partial charge on any atom is -0.224 e. The molecule has 17 heavy (non-hydrogen) atoms. The molecule has 0 aliphatic rings. The molecule has 0 amide bonds. The number of hydrogen-bond acceptors (Lipinski definition) is 2. The SMILES string of the molecule is CC(CCBr)CCS(=O)(=O)c1cccc(Cl)c1. The molecule has 0 saturated heterocycles. The van der Waals surface area contributed by atoms with Gasteiger partial charge in [0.1, 0.15) is 0 Å². The number of alkyl halides is 1. The van der Waals surface area contributed by atoms with Crippen molar-refractivity contribution < 1.29 is 8.42 Å². The molecule has 0 N–H and O–H groups in total. The molecule has 1 atom stereocenters. The first-order valence-corrected chi connectivity index (χ1v) is 8.65. The highest BCUT2D eigenvalue weighted by Crippen LogP contribution is 2.19. The van der Waals surface area contributed by atoms with E-state index < -0.39 is 9.84 Å². The highest BCUT2D eigenvalue weighted by molar-refractivity contribution is 9.09. The Labute approximate surface area is 116 Å². The number of halogens is 2. The highest BCUT2D eigenvalue weighted by Gasteiger charge is 2.16. The van der Waals surface area contributed by atoms with Crippen molar-refractivity contribution in [2.75, 3.05) is 11.1 Å². The van der Waals surface area contributed by atoms with E-state index in [1.807, 2.05) is 0 Å². The van der Waals surface area contributed by atoms with Crippen molar-refractivity contribution in [3.8, 4) is 0 Å². The van der Waals surface area contributed by atoms with E-state index in [0.717, 1.165) is 11.8 Å². The first-order valence-electron chi connectivity index (χ1n) is 5.50. The zero-order valence-electron chi connectivity index (χ0n) is 9.70. The zero-order chi connectivity index (χ0) is 12.9. The second-order valence-electron chi connectivity index (χ2n) is 4.15. The van der Waals surface area contributed by atoms with Gasteiger partial charge in [-0.05, 0) is 37.0 Å². The molecule has 0 spiro atoms. The molecule has 0 aromatic heterocycles. The lowest BCUT2D eigenvalue weighted by Crippen LogP contribution is -2.10. The fraction of sp³-hybridized carbons (Fsp3) is 0.500. The van der Waals surface area contributed by atoms with Crippen LogP contribution in [0.5, 0.6) is 0 Å². The summed E-state index contributed by atoms with van der Waals surface area (Å²) in [7, 11) is -3.20. The summed E-state index contributed by atoms with van der Waals surface area (Å²) >= 11 is 9.15. The van der Waals surface area contributed by atoms with Crippen LogP contribution in [-0.4, -0.2) is 19.5 Å². The summed E-state index contributed by atoms with van der Waals surface area (Å²) in [5.74, 6) is 0.588. The quantitative estimate of drug-likeness (QED) is 0.736. The van der Waals surface area contributed by atoms with Crippen LogP contribution in [-0.2, 0) is 9.84 Å². The number of rotatable bonds is 6. The monoisotopic (exact) mass is 338 g/mol. The lowest BCUT2D eigenvalue weighted by molar-refractivity contribution is 0.536. The van der Waals surface area contributed by atoms with E-state index in [0.29, 0.717) is 22.3 Å². The van der Waals surface area contributed by atoms with Crippen molar-refractivity contribution >= 4 is 37.4 Å². The summed E-state index contributed by atoms with van der Waals surface area (Å²) in [5, 5.41) is 1.37. The third kappa shape index (κ3) is 4.98. The van der Waals surface area contributed by atoms with Crippen molar-refractivity contribution in [2.45, 2.75) is 24.7 Å². The average molecular weight is 340 g/mol. The molecule has 0 fully saturated rings. The van der Waals surface area contributed by atoms with Crippen molar-refractivity contribution in [1.82, 2.24) is 0 Å². The smallest absolute Gasteiger partial charge is 0.178 e. The molecular weight excluding hydrogens is 324 g/mol. The summed E-state index contributed by atoms with van der Waals surface area (Å²) in [5.41, 5.74) is 0. The van der Waals surface area contributed by atoms with Crippen molar-refractivity contribution in [3.63, 3.8) is 0 Å². The van der Waals surface area contributed by atoms with Crippen LogP contribution in [0.25, 0.3) is 0 Å².